The first-order valence-corrected chi connectivity index (χ1v) is 10.0. The van der Waals surface area contributed by atoms with Crippen LogP contribution in [0.3, 0.4) is 0 Å². The highest BCUT2D eigenvalue weighted by Crippen LogP contribution is 2.29. The van der Waals surface area contributed by atoms with E-state index in [0.717, 1.165) is 28.3 Å². The number of thiazole rings is 1. The van der Waals surface area contributed by atoms with E-state index in [1.165, 1.54) is 23.5 Å². The van der Waals surface area contributed by atoms with Crippen LogP contribution in [-0.4, -0.2) is 24.3 Å². The molecule has 0 aliphatic carbocycles. The summed E-state index contributed by atoms with van der Waals surface area (Å²) in [4.78, 5) is 7.25. The summed E-state index contributed by atoms with van der Waals surface area (Å²) in [5.74, 6) is 1.17. The number of likely N-dealkylation sites (tertiary alicyclic amines) is 1. The van der Waals surface area contributed by atoms with Gasteiger partial charge in [0.05, 0.1) is 0 Å². The molecule has 26 heavy (non-hydrogen) atoms. The lowest BCUT2D eigenvalue weighted by Crippen LogP contribution is -2.31. The Bertz CT molecular complexity index is 905. The number of hydrogen-bond acceptors (Lipinski definition) is 2. The molecule has 1 aliphatic heterocycles. The molecule has 134 valence electrons. The number of amidine groups is 1. The van der Waals surface area contributed by atoms with Crippen LogP contribution in [0.4, 0.5) is 5.13 Å². The van der Waals surface area contributed by atoms with Crippen molar-refractivity contribution in [2.75, 3.05) is 13.6 Å². The lowest BCUT2D eigenvalue weighted by Gasteiger charge is -2.06. The van der Waals surface area contributed by atoms with Gasteiger partial charge in [-0.3, -0.25) is 0 Å². The third kappa shape index (κ3) is 3.92. The molecule has 1 fully saturated rings. The number of hydrogen-bond donors (Lipinski definition) is 0. The Hall–Kier alpha value is -1.50. The summed E-state index contributed by atoms with van der Waals surface area (Å²) in [6, 6.07) is 18.9. The Morgan fingerprint density at radius 3 is 2.46 bits per heavy atom. The number of aliphatic imine (C=N–C) groups is 1. The van der Waals surface area contributed by atoms with Crippen molar-refractivity contribution in [2.24, 2.45) is 4.99 Å². The number of benzene rings is 2. The molecule has 4 rings (SSSR count). The average molecular weight is 494 g/mol. The Labute approximate surface area is 176 Å². The van der Waals surface area contributed by atoms with Crippen molar-refractivity contribution in [1.82, 2.24) is 4.90 Å². The van der Waals surface area contributed by atoms with Gasteiger partial charge in [0.1, 0.15) is 5.69 Å². The molecule has 0 atom stereocenters. The van der Waals surface area contributed by atoms with Crippen LogP contribution in [0.1, 0.15) is 12.8 Å². The number of aromatic nitrogens is 1. The minimum absolute atomic E-state index is 0. The third-order valence-electron chi connectivity index (χ3n) is 4.42. The topological polar surface area (TPSA) is 19.5 Å². The van der Waals surface area contributed by atoms with Gasteiger partial charge in [0.25, 0.3) is 0 Å². The van der Waals surface area contributed by atoms with E-state index in [1.54, 1.807) is 11.3 Å². The maximum atomic E-state index is 4.99. The summed E-state index contributed by atoms with van der Waals surface area (Å²) in [6.45, 7) is 1.09. The second-order valence-corrected chi connectivity index (χ2v) is 7.89. The molecule has 2 aromatic carbocycles. The molecule has 0 radical (unpaired) electrons. The summed E-state index contributed by atoms with van der Waals surface area (Å²) in [5, 5.41) is 3.22. The SMILES string of the molecule is Br.CN1CCC/C1=N\c1scc(-c2ccc(Br)cc2)[n+]1-c1ccccc1. The van der Waals surface area contributed by atoms with E-state index in [-0.39, 0.29) is 17.0 Å². The van der Waals surface area contributed by atoms with E-state index in [2.05, 4.69) is 86.4 Å². The number of nitrogens with zero attached hydrogens (tertiary/aromatic N) is 3. The number of para-hydroxylation sites is 1. The lowest BCUT2D eigenvalue weighted by atomic mass is 10.1. The van der Waals surface area contributed by atoms with Crippen LogP contribution < -0.4 is 4.57 Å². The van der Waals surface area contributed by atoms with Crippen LogP contribution in [0, 0.1) is 0 Å². The van der Waals surface area contributed by atoms with Crippen molar-refractivity contribution in [1.29, 1.82) is 0 Å². The van der Waals surface area contributed by atoms with E-state index in [0.29, 0.717) is 0 Å². The Kier molecular flexibility index (Phi) is 6.27. The van der Waals surface area contributed by atoms with Gasteiger partial charge in [0, 0.05) is 35.4 Å². The molecule has 0 amide bonds. The lowest BCUT2D eigenvalue weighted by molar-refractivity contribution is -0.565. The summed E-state index contributed by atoms with van der Waals surface area (Å²) < 4.78 is 3.35. The quantitative estimate of drug-likeness (QED) is 0.423. The molecule has 0 saturated carbocycles. The molecule has 3 nitrogen and oxygen atoms in total. The van der Waals surface area contributed by atoms with Crippen molar-refractivity contribution in [3.63, 3.8) is 0 Å². The third-order valence-corrected chi connectivity index (χ3v) is 5.78. The smallest absolute Gasteiger partial charge is 0.343 e. The van der Waals surface area contributed by atoms with Crippen LogP contribution in [-0.2, 0) is 0 Å². The van der Waals surface area contributed by atoms with Gasteiger partial charge in [0.2, 0.25) is 5.84 Å². The van der Waals surface area contributed by atoms with Gasteiger partial charge < -0.3 is 4.90 Å². The maximum Gasteiger partial charge on any atom is 0.389 e. The van der Waals surface area contributed by atoms with E-state index >= 15 is 0 Å². The fourth-order valence-corrected chi connectivity index (χ4v) is 4.27. The molecule has 0 unspecified atom stereocenters. The molecule has 1 aromatic heterocycles. The molecule has 0 N–H and O–H groups in total. The summed E-state index contributed by atoms with van der Waals surface area (Å²) in [5.41, 5.74) is 3.50. The zero-order chi connectivity index (χ0) is 17.2. The molecule has 1 saturated heterocycles. The predicted molar refractivity (Wildman–Crippen MR) is 118 cm³/mol. The molecule has 1 aliphatic rings. The number of halogens is 2. The fraction of sp³-hybridized carbons (Fsp3) is 0.200. The number of rotatable bonds is 3. The second kappa shape index (κ2) is 8.46. The molecular weight excluding hydrogens is 474 g/mol. The highest BCUT2D eigenvalue weighted by atomic mass is 79.9. The predicted octanol–water partition coefficient (Wildman–Crippen LogP) is 5.79. The van der Waals surface area contributed by atoms with Gasteiger partial charge in [-0.05, 0) is 59.1 Å². The minimum Gasteiger partial charge on any atom is -0.343 e. The van der Waals surface area contributed by atoms with E-state index in [1.807, 2.05) is 6.07 Å². The summed E-state index contributed by atoms with van der Waals surface area (Å²) >= 11 is 5.22. The monoisotopic (exact) mass is 492 g/mol. The van der Waals surface area contributed by atoms with Crippen LogP contribution in [0.15, 0.2) is 69.4 Å². The van der Waals surface area contributed by atoms with Gasteiger partial charge >= 0.3 is 5.13 Å². The fourth-order valence-electron chi connectivity index (χ4n) is 3.08. The van der Waals surface area contributed by atoms with E-state index < -0.39 is 0 Å². The van der Waals surface area contributed by atoms with Gasteiger partial charge in [-0.25, -0.2) is 0 Å². The van der Waals surface area contributed by atoms with Crippen molar-refractivity contribution >= 4 is 55.2 Å². The van der Waals surface area contributed by atoms with E-state index in [9.17, 15) is 0 Å². The van der Waals surface area contributed by atoms with E-state index in [4.69, 9.17) is 4.99 Å². The summed E-state index contributed by atoms with van der Waals surface area (Å²) in [7, 11) is 2.13. The highest BCUT2D eigenvalue weighted by Gasteiger charge is 2.26. The molecule has 3 aromatic rings. The Morgan fingerprint density at radius 2 is 1.81 bits per heavy atom. The molecule has 2 heterocycles. The first-order chi connectivity index (χ1) is 12.2. The minimum atomic E-state index is 0. The molecule has 0 spiro atoms. The molecule has 0 bridgehead atoms. The van der Waals surface area contributed by atoms with Crippen LogP contribution in [0.25, 0.3) is 16.9 Å². The zero-order valence-corrected chi connectivity index (χ0v) is 18.5. The van der Waals surface area contributed by atoms with Gasteiger partial charge in [-0.1, -0.05) is 34.1 Å². The zero-order valence-electron chi connectivity index (χ0n) is 14.4. The van der Waals surface area contributed by atoms with Crippen LogP contribution in [0.5, 0.6) is 0 Å². The Morgan fingerprint density at radius 1 is 1.08 bits per heavy atom. The average Bonchev–Trinajstić information content (AvgIpc) is 3.23. The van der Waals surface area contributed by atoms with Crippen molar-refractivity contribution in [2.45, 2.75) is 12.8 Å². The van der Waals surface area contributed by atoms with Crippen LogP contribution >= 0.6 is 44.2 Å². The van der Waals surface area contributed by atoms with Crippen molar-refractivity contribution < 1.29 is 4.57 Å². The van der Waals surface area contributed by atoms with Crippen LogP contribution in [0.2, 0.25) is 0 Å². The highest BCUT2D eigenvalue weighted by molar-refractivity contribution is 9.10. The van der Waals surface area contributed by atoms with Gasteiger partial charge in [0.15, 0.2) is 5.69 Å². The van der Waals surface area contributed by atoms with Crippen molar-refractivity contribution in [3.05, 3.63) is 64.5 Å². The normalized spacial score (nSPS) is 15.3. The van der Waals surface area contributed by atoms with Crippen molar-refractivity contribution in [3.8, 4) is 16.9 Å². The standard InChI is InChI=1S/C20H19BrN3S.BrH/c1-23-13-5-8-19(23)22-20-24(17-6-3-2-4-7-17)18(14-25-20)15-9-11-16(21)12-10-15;/h2-4,6-7,9-12,14H,5,8,13H2,1H3;1H/q+1;. The van der Waals surface area contributed by atoms with Gasteiger partial charge in [-0.15, -0.1) is 17.0 Å². The maximum absolute atomic E-state index is 4.99. The first-order valence-electron chi connectivity index (χ1n) is 8.36. The molecule has 6 heteroatoms. The second-order valence-electron chi connectivity index (χ2n) is 6.13. The largest absolute Gasteiger partial charge is 0.389 e. The molecular formula is C20H20Br2N3S+. The van der Waals surface area contributed by atoms with Gasteiger partial charge in [-0.2, -0.15) is 4.57 Å². The Balaban J connectivity index is 0.00000196. The first kappa shape index (κ1) is 19.3. The summed E-state index contributed by atoms with van der Waals surface area (Å²) in [6.07, 6.45) is 2.24.